The van der Waals surface area contributed by atoms with E-state index in [0.29, 0.717) is 30.6 Å². The topological polar surface area (TPSA) is 37.4 Å². The number of para-hydroxylation sites is 1. The van der Waals surface area contributed by atoms with Crippen molar-refractivity contribution in [2.24, 2.45) is 5.92 Å². The Morgan fingerprint density at radius 2 is 1.85 bits per heavy atom. The Hall–Kier alpha value is -0.880. The van der Waals surface area contributed by atoms with Crippen LogP contribution in [0.3, 0.4) is 0 Å². The van der Waals surface area contributed by atoms with E-state index in [4.69, 9.17) is 11.6 Å². The van der Waals surface area contributed by atoms with E-state index in [1.54, 1.807) is 12.1 Å². The summed E-state index contributed by atoms with van der Waals surface area (Å²) >= 11 is 5.81. The van der Waals surface area contributed by atoms with Crippen molar-refractivity contribution in [1.29, 1.82) is 0 Å². The molecule has 0 atom stereocenters. The van der Waals surface area contributed by atoms with Crippen molar-refractivity contribution in [3.8, 4) is 0 Å². The van der Waals surface area contributed by atoms with Gasteiger partial charge in [0.1, 0.15) is 0 Å². The predicted octanol–water partition coefficient (Wildman–Crippen LogP) is 3.14. The van der Waals surface area contributed by atoms with Crippen LogP contribution in [0, 0.1) is 5.92 Å². The maximum absolute atomic E-state index is 12.7. The summed E-state index contributed by atoms with van der Waals surface area (Å²) in [5.41, 5.74) is 0.362. The van der Waals surface area contributed by atoms with Gasteiger partial charge in [0.25, 0.3) is 0 Å². The number of alkyl halides is 3. The normalized spacial score (nSPS) is 17.7. The van der Waals surface area contributed by atoms with E-state index in [-0.39, 0.29) is 4.90 Å². The Bertz CT molecular complexity index is 557. The highest BCUT2D eigenvalue weighted by Gasteiger charge is 2.31. The number of rotatable bonds is 4. The molecular weight excluding hydrogens is 308 g/mol. The van der Waals surface area contributed by atoms with Crippen LogP contribution in [-0.2, 0) is 9.84 Å². The number of benzene rings is 1. The largest absolute Gasteiger partial charge is 0.370 e. The smallest absolute Gasteiger partial charge is 0.341 e. The first-order valence-corrected chi connectivity index (χ1v) is 8.47. The van der Waals surface area contributed by atoms with E-state index in [1.807, 2.05) is 4.90 Å². The van der Waals surface area contributed by atoms with E-state index >= 15 is 0 Å². The maximum Gasteiger partial charge on any atom is 0.341 e. The number of hydrogen-bond donors (Lipinski definition) is 0. The van der Waals surface area contributed by atoms with Gasteiger partial charge in [0, 0.05) is 19.0 Å². The molecule has 20 heavy (non-hydrogen) atoms. The zero-order valence-electron chi connectivity index (χ0n) is 10.8. The average molecular weight is 324 g/mol. The van der Waals surface area contributed by atoms with Crippen molar-refractivity contribution in [3.63, 3.8) is 0 Å². The lowest BCUT2D eigenvalue weighted by molar-refractivity contribution is 0.234. The summed E-state index contributed by atoms with van der Waals surface area (Å²) in [5.74, 6) is -2.42. The molecule has 2 rings (SSSR count). The molecule has 0 amide bonds. The second-order valence-electron chi connectivity index (χ2n) is 4.86. The van der Waals surface area contributed by atoms with Gasteiger partial charge < -0.3 is 4.90 Å². The van der Waals surface area contributed by atoms with Crippen LogP contribution >= 0.6 is 11.6 Å². The first kappa shape index (κ1) is 15.5. The van der Waals surface area contributed by atoms with Crippen molar-refractivity contribution >= 4 is 27.1 Å². The second-order valence-corrected chi connectivity index (χ2v) is 7.05. The van der Waals surface area contributed by atoms with E-state index < -0.39 is 15.6 Å². The summed E-state index contributed by atoms with van der Waals surface area (Å²) in [4.78, 5) is 1.55. The van der Waals surface area contributed by atoms with Crippen molar-refractivity contribution in [2.75, 3.05) is 23.9 Å². The number of sulfone groups is 1. The fourth-order valence-corrected chi connectivity index (χ4v) is 3.64. The molecule has 1 fully saturated rings. The fourth-order valence-electron chi connectivity index (χ4n) is 2.38. The van der Waals surface area contributed by atoms with Gasteiger partial charge in [-0.05, 0) is 30.9 Å². The summed E-state index contributed by atoms with van der Waals surface area (Å²) in [6.07, 6.45) is 1.68. The van der Waals surface area contributed by atoms with E-state index in [2.05, 4.69) is 0 Å². The highest BCUT2D eigenvalue weighted by molar-refractivity contribution is 7.91. The van der Waals surface area contributed by atoms with Crippen LogP contribution in [0.15, 0.2) is 29.2 Å². The van der Waals surface area contributed by atoms with Gasteiger partial charge in [-0.2, -0.15) is 8.78 Å². The van der Waals surface area contributed by atoms with Gasteiger partial charge in [-0.25, -0.2) is 8.42 Å². The monoisotopic (exact) mass is 323 g/mol. The Kier molecular flexibility index (Phi) is 4.86. The third kappa shape index (κ3) is 3.06. The number of nitrogens with zero attached hydrogens (tertiary/aromatic N) is 1. The van der Waals surface area contributed by atoms with Crippen LogP contribution in [-0.4, -0.2) is 33.1 Å². The van der Waals surface area contributed by atoms with Crippen molar-refractivity contribution in [1.82, 2.24) is 0 Å². The van der Waals surface area contributed by atoms with Crippen molar-refractivity contribution in [3.05, 3.63) is 24.3 Å². The third-order valence-electron chi connectivity index (χ3n) is 3.58. The lowest BCUT2D eigenvalue weighted by atomic mass is 9.98. The molecule has 0 saturated carbocycles. The minimum Gasteiger partial charge on any atom is -0.370 e. The molecule has 0 aliphatic carbocycles. The quantitative estimate of drug-likeness (QED) is 0.799. The van der Waals surface area contributed by atoms with Crippen LogP contribution in [0.2, 0.25) is 0 Å². The zero-order valence-corrected chi connectivity index (χ0v) is 12.4. The molecule has 3 nitrogen and oxygen atoms in total. The highest BCUT2D eigenvalue weighted by Crippen LogP contribution is 2.32. The molecule has 1 saturated heterocycles. The molecule has 112 valence electrons. The number of halogens is 3. The van der Waals surface area contributed by atoms with Crippen LogP contribution in [0.4, 0.5) is 14.5 Å². The van der Waals surface area contributed by atoms with Gasteiger partial charge in [-0.1, -0.05) is 12.1 Å². The summed E-state index contributed by atoms with van der Waals surface area (Å²) in [7, 11) is -4.58. The first-order chi connectivity index (χ1) is 9.46. The molecule has 1 aliphatic rings. The molecule has 1 heterocycles. The SMILES string of the molecule is O=S(=O)(c1ccccc1N1CCC(CCl)CC1)C(F)F. The van der Waals surface area contributed by atoms with Gasteiger partial charge in [0.15, 0.2) is 0 Å². The molecule has 0 N–H and O–H groups in total. The number of anilines is 1. The van der Waals surface area contributed by atoms with Crippen LogP contribution in [0.5, 0.6) is 0 Å². The van der Waals surface area contributed by atoms with Gasteiger partial charge in [0.05, 0.1) is 10.6 Å². The Morgan fingerprint density at radius 3 is 2.40 bits per heavy atom. The maximum atomic E-state index is 12.7. The van der Waals surface area contributed by atoms with Gasteiger partial charge in [-0.15, -0.1) is 11.6 Å². The molecular formula is C13H16ClF2NO2S. The summed E-state index contributed by atoms with van der Waals surface area (Å²) in [6.45, 7) is 1.26. The van der Waals surface area contributed by atoms with E-state index in [0.717, 1.165) is 12.8 Å². The molecule has 7 heteroatoms. The van der Waals surface area contributed by atoms with Crippen molar-refractivity contribution in [2.45, 2.75) is 23.5 Å². The highest BCUT2D eigenvalue weighted by atomic mass is 35.5. The minimum atomic E-state index is -4.58. The summed E-state index contributed by atoms with van der Waals surface area (Å²) in [6, 6.07) is 5.94. The zero-order chi connectivity index (χ0) is 14.8. The number of hydrogen-bond acceptors (Lipinski definition) is 3. The Labute approximate surface area is 122 Å². The molecule has 1 aromatic rings. The fraction of sp³-hybridized carbons (Fsp3) is 0.538. The first-order valence-electron chi connectivity index (χ1n) is 6.39. The third-order valence-corrected chi connectivity index (χ3v) is 5.44. The summed E-state index contributed by atoms with van der Waals surface area (Å²) < 4.78 is 48.9. The molecule has 0 unspecified atom stereocenters. The van der Waals surface area contributed by atoms with Crippen LogP contribution < -0.4 is 4.90 Å². The van der Waals surface area contributed by atoms with Crippen LogP contribution in [0.1, 0.15) is 12.8 Å². The van der Waals surface area contributed by atoms with E-state index in [9.17, 15) is 17.2 Å². The molecule has 1 aliphatic heterocycles. The molecule has 0 spiro atoms. The predicted molar refractivity (Wildman–Crippen MR) is 75.3 cm³/mol. The summed E-state index contributed by atoms with van der Waals surface area (Å²) in [5, 5.41) is 0. The molecule has 0 bridgehead atoms. The molecule has 1 aromatic carbocycles. The van der Waals surface area contributed by atoms with Gasteiger partial charge in [-0.3, -0.25) is 0 Å². The van der Waals surface area contributed by atoms with Crippen molar-refractivity contribution < 1.29 is 17.2 Å². The molecule has 0 aromatic heterocycles. The molecule has 0 radical (unpaired) electrons. The lowest BCUT2D eigenvalue weighted by Crippen LogP contribution is -2.35. The Morgan fingerprint density at radius 1 is 1.25 bits per heavy atom. The van der Waals surface area contributed by atoms with E-state index in [1.165, 1.54) is 12.1 Å². The average Bonchev–Trinajstić information content (AvgIpc) is 2.47. The van der Waals surface area contributed by atoms with Gasteiger partial charge >= 0.3 is 5.76 Å². The van der Waals surface area contributed by atoms with Gasteiger partial charge in [0.2, 0.25) is 9.84 Å². The minimum absolute atomic E-state index is 0.292. The van der Waals surface area contributed by atoms with Crippen LogP contribution in [0.25, 0.3) is 0 Å². The second kappa shape index (κ2) is 6.26. The lowest BCUT2D eigenvalue weighted by Gasteiger charge is -2.33. The number of piperidine rings is 1. The Balaban J connectivity index is 2.30. The standard InChI is InChI=1S/C13H16ClF2NO2S/c14-9-10-5-7-17(8-6-10)11-3-1-2-4-12(11)20(18,19)13(15)16/h1-4,10,13H,5-9H2.